The molecule has 0 spiro atoms. The van der Waals surface area contributed by atoms with Crippen LogP contribution < -0.4 is 5.32 Å². The van der Waals surface area contributed by atoms with Crippen LogP contribution in [0.4, 0.5) is 0 Å². The number of aliphatic carboxylic acids is 2. The number of thioether (sulfide) groups is 2. The molecule has 2 aromatic heterocycles. The Kier molecular flexibility index (Phi) is 14.5. The van der Waals surface area contributed by atoms with Crippen LogP contribution in [0.15, 0.2) is 27.9 Å². The van der Waals surface area contributed by atoms with Crippen molar-refractivity contribution in [2.24, 2.45) is 0 Å². The van der Waals surface area contributed by atoms with Gasteiger partial charge in [0.05, 0.1) is 12.0 Å². The van der Waals surface area contributed by atoms with E-state index < -0.39 is 47.7 Å². The van der Waals surface area contributed by atoms with Crippen LogP contribution in [0.1, 0.15) is 15.2 Å². The third kappa shape index (κ3) is 7.85. The summed E-state index contributed by atoms with van der Waals surface area (Å²) in [4.78, 5) is 60.8. The second kappa shape index (κ2) is 15.5. The number of fused-ring (bicyclic) bond motifs is 1. The van der Waals surface area contributed by atoms with E-state index in [0.29, 0.717) is 10.5 Å². The number of nitrogens with one attached hydrogen (secondary N) is 1. The molecule has 0 saturated carbocycles. The number of aromatic nitrogens is 4. The monoisotopic (exact) mass is 612 g/mol. The molecule has 14 nitrogen and oxygen atoms in total. The van der Waals surface area contributed by atoms with Crippen LogP contribution in [0.3, 0.4) is 0 Å². The fraction of sp³-hybridized carbons (Fsp3) is 0.333. The molecule has 2 amide bonds. The Morgan fingerprint density at radius 3 is 2.47 bits per heavy atom. The van der Waals surface area contributed by atoms with E-state index in [1.807, 2.05) is 0 Å². The minimum absolute atomic E-state index is 0. The molecule has 20 heteroatoms. The third-order valence-electron chi connectivity index (χ3n) is 5.02. The van der Waals surface area contributed by atoms with Crippen LogP contribution in [-0.2, 0) is 32.1 Å². The Labute approximate surface area is 293 Å². The van der Waals surface area contributed by atoms with Crippen molar-refractivity contribution in [1.82, 2.24) is 30.4 Å². The predicted octanol–water partition coefficient (Wildman–Crippen LogP) is -2.35. The summed E-state index contributed by atoms with van der Waals surface area (Å²) in [5.74, 6) is -4.36. The number of carboxylic acids is 3. The maximum absolute atomic E-state index is 12.8. The molecule has 1 fully saturated rings. The quantitative estimate of drug-likeness (QED) is 0.126. The van der Waals surface area contributed by atoms with Gasteiger partial charge in [-0.3, -0.25) is 19.3 Å². The van der Waals surface area contributed by atoms with Gasteiger partial charge in [-0.25, -0.2) is 14.3 Å². The normalized spacial score (nSPS) is 17.7. The number of carbonyl (C=O) groups excluding carboxylic acids is 2. The first-order valence-corrected chi connectivity index (χ1v) is 12.7. The van der Waals surface area contributed by atoms with Gasteiger partial charge in [-0.2, -0.15) is 0 Å². The van der Waals surface area contributed by atoms with Crippen LogP contribution in [0.25, 0.3) is 0 Å². The topological polar surface area (TPSA) is 205 Å². The second-order valence-corrected chi connectivity index (χ2v) is 10.3. The zero-order valence-corrected chi connectivity index (χ0v) is 19.9. The summed E-state index contributed by atoms with van der Waals surface area (Å²) >= 11 is 3.44. The fourth-order valence-corrected chi connectivity index (χ4v) is 6.74. The van der Waals surface area contributed by atoms with Crippen molar-refractivity contribution in [3.8, 4) is 0 Å². The molecule has 4 rings (SSSR count). The number of β-lactam (4-membered cyclic amide) rings is 1. The molecule has 4 N–H and O–H groups in total. The summed E-state index contributed by atoms with van der Waals surface area (Å²) in [6, 6.07) is 0.458. The van der Waals surface area contributed by atoms with Gasteiger partial charge in [-0.05, 0) is 27.4 Å². The van der Waals surface area contributed by atoms with Crippen molar-refractivity contribution < 1.29 is 39.3 Å². The summed E-state index contributed by atoms with van der Waals surface area (Å²) in [6.07, 6.45) is -0.213. The molecule has 0 bridgehead atoms. The number of tetrazole rings is 1. The van der Waals surface area contributed by atoms with E-state index in [1.165, 1.54) is 17.8 Å². The first-order chi connectivity index (χ1) is 16.7. The van der Waals surface area contributed by atoms with Gasteiger partial charge in [0, 0.05) is 16.4 Å². The minimum atomic E-state index is -1.31. The van der Waals surface area contributed by atoms with Gasteiger partial charge in [-0.1, -0.05) is 11.8 Å². The van der Waals surface area contributed by atoms with Gasteiger partial charge >= 0.3 is 107 Å². The first kappa shape index (κ1) is 35.6. The van der Waals surface area contributed by atoms with Crippen LogP contribution in [0, 0.1) is 0 Å². The Morgan fingerprint density at radius 1 is 1.13 bits per heavy atom. The van der Waals surface area contributed by atoms with Crippen molar-refractivity contribution in [3.05, 3.63) is 33.2 Å². The summed E-state index contributed by atoms with van der Waals surface area (Å²) in [7, 11) is 0. The van der Waals surface area contributed by atoms with E-state index in [0.717, 1.165) is 32.7 Å². The van der Waals surface area contributed by atoms with E-state index in [1.54, 1.807) is 5.38 Å². The van der Waals surface area contributed by atoms with E-state index in [4.69, 9.17) is 5.11 Å². The molecule has 4 heterocycles. The van der Waals surface area contributed by atoms with Crippen molar-refractivity contribution in [2.75, 3.05) is 11.5 Å². The number of aromatic carboxylic acids is 1. The third-order valence-corrected chi connectivity index (χ3v) is 8.33. The molecule has 0 radical (unpaired) electrons. The zero-order valence-electron chi connectivity index (χ0n) is 17.5. The number of nitrogens with zero attached hydrogens (tertiary/aromatic N) is 5. The molecule has 190 valence electrons. The summed E-state index contributed by atoms with van der Waals surface area (Å²) < 4.78 is 1.07. The molecule has 2 aromatic rings. The molecule has 2 aliphatic heterocycles. The van der Waals surface area contributed by atoms with E-state index in [2.05, 4.69) is 20.8 Å². The Morgan fingerprint density at radius 2 is 1.84 bits per heavy atom. The van der Waals surface area contributed by atoms with Crippen LogP contribution in [0.5, 0.6) is 0 Å². The molecule has 2 atom stereocenters. The fourth-order valence-electron chi connectivity index (χ4n) is 3.51. The van der Waals surface area contributed by atoms with Gasteiger partial charge < -0.3 is 20.6 Å². The van der Waals surface area contributed by atoms with Gasteiger partial charge in [-0.15, -0.1) is 28.2 Å². The number of hydrogen-bond donors (Lipinski definition) is 4. The van der Waals surface area contributed by atoms with Crippen molar-refractivity contribution in [1.29, 1.82) is 0 Å². The van der Waals surface area contributed by atoms with Crippen LogP contribution >= 0.6 is 34.9 Å². The summed E-state index contributed by atoms with van der Waals surface area (Å²) in [5, 5.41) is 42.3. The molecule has 1 unspecified atom stereocenters. The molecular weight excluding hydrogens is 593 g/mol. The number of rotatable bonds is 10. The number of hydrogen-bond acceptors (Lipinski definition) is 11. The number of carboxylic acid groups (broad SMARTS) is 3. The molecule has 1 saturated heterocycles. The first-order valence-electron chi connectivity index (χ1n) is 9.77. The summed E-state index contributed by atoms with van der Waals surface area (Å²) in [5.41, 5.74) is 0.253. The van der Waals surface area contributed by atoms with Crippen molar-refractivity contribution in [2.45, 2.75) is 29.5 Å². The van der Waals surface area contributed by atoms with Gasteiger partial charge in [0.25, 0.3) is 5.91 Å². The average Bonchev–Trinajstić information content (AvgIpc) is 3.44. The van der Waals surface area contributed by atoms with Crippen LogP contribution in [0.2, 0.25) is 0 Å². The second-order valence-electron chi connectivity index (χ2n) is 7.25. The maximum atomic E-state index is 12.8. The standard InChI is InChI=1S/C18H16N6O8S3.3Na.3H/c25-10(3-9-8(16(29)30)1-2-33-9)19-12-14(28)24-13(17(31)32)7(5-34-15(12)24)6-35-18-20-21-22-23(18)4-11(26)27;;;;;;/h1-2,12,15H,3-6H2,(H,19,25)(H,26,27)(H,29,30)(H,31,32);;;;;;/t12?,15-;;;;;;/m1....../s1. The average molecular weight is 613 g/mol. The Bertz CT molecular complexity index is 1270. The molecular formula is C18H19N6Na3O8S3. The van der Waals surface area contributed by atoms with Crippen molar-refractivity contribution in [3.63, 3.8) is 0 Å². The molecule has 0 aromatic carbocycles. The van der Waals surface area contributed by atoms with E-state index in [-0.39, 0.29) is 123 Å². The number of amides is 2. The number of thiophene rings is 1. The molecule has 38 heavy (non-hydrogen) atoms. The molecule has 0 aliphatic carbocycles. The van der Waals surface area contributed by atoms with E-state index in [9.17, 15) is 34.2 Å². The van der Waals surface area contributed by atoms with E-state index >= 15 is 0 Å². The van der Waals surface area contributed by atoms with Gasteiger partial charge in [0.2, 0.25) is 11.1 Å². The Hall–Kier alpha value is -0.440. The predicted molar refractivity (Wildman–Crippen MR) is 142 cm³/mol. The molecule has 2 aliphatic rings. The van der Waals surface area contributed by atoms with Crippen LogP contribution in [-0.4, -0.2) is 182 Å². The van der Waals surface area contributed by atoms with Gasteiger partial charge in [0.15, 0.2) is 0 Å². The Balaban J connectivity index is 0.00000241. The SMILES string of the molecule is O=C(O)Cn1nnnc1SCC1=C(C(=O)O)N2C(=O)C(NC(=O)Cc3sccc3C(=O)O)[C@H]2SC1.[NaH].[NaH].[NaH]. The number of carbonyl (C=O) groups is 5. The summed E-state index contributed by atoms with van der Waals surface area (Å²) in [6.45, 7) is -0.456. The van der Waals surface area contributed by atoms with Gasteiger partial charge in [0.1, 0.15) is 23.7 Å². The zero-order chi connectivity index (χ0) is 25.3. The van der Waals surface area contributed by atoms with Crippen molar-refractivity contribution >= 4 is 153 Å².